The number of pyridine rings is 1. The number of hydrogen-bond donors (Lipinski definition) is 4. The lowest BCUT2D eigenvalue weighted by Crippen LogP contribution is -2.39. The molecule has 0 saturated carbocycles. The molecule has 21 heavy (non-hydrogen) atoms. The Hall–Kier alpha value is -1.91. The van der Waals surface area contributed by atoms with Crippen molar-refractivity contribution in [2.24, 2.45) is 0 Å². The summed E-state index contributed by atoms with van der Waals surface area (Å²) in [6.45, 7) is 2.14. The van der Waals surface area contributed by atoms with Gasteiger partial charge < -0.3 is 14.8 Å². The van der Waals surface area contributed by atoms with Gasteiger partial charge in [0.1, 0.15) is 6.04 Å². The first-order valence-corrected chi connectivity index (χ1v) is 6.85. The second-order valence-electron chi connectivity index (χ2n) is 4.63. The van der Waals surface area contributed by atoms with E-state index in [1.54, 1.807) is 17.7 Å². The van der Waals surface area contributed by atoms with Gasteiger partial charge in [-0.3, -0.25) is 14.9 Å². The predicted molar refractivity (Wildman–Crippen MR) is 82.8 cm³/mol. The number of nitrogens with zero attached hydrogens (tertiary/aromatic N) is 1. The molecular formula is C14H18N2O4S. The van der Waals surface area contributed by atoms with Crippen molar-refractivity contribution in [3.05, 3.63) is 28.2 Å². The fourth-order valence-electron chi connectivity index (χ4n) is 1.89. The fourth-order valence-corrected chi connectivity index (χ4v) is 2.27. The van der Waals surface area contributed by atoms with Crippen LogP contribution in [0.25, 0.3) is 0 Å². The molecule has 0 aliphatic carbocycles. The molecule has 0 aromatic carbocycles. The molecule has 1 unspecified atom stereocenters. The van der Waals surface area contributed by atoms with E-state index in [0.717, 1.165) is 0 Å². The molecule has 0 amide bonds. The molecule has 0 bridgehead atoms. The minimum atomic E-state index is -0.997. The highest BCUT2D eigenvalue weighted by atomic mass is 32.1. The van der Waals surface area contributed by atoms with Crippen LogP contribution in [0.15, 0.2) is 17.1 Å². The van der Waals surface area contributed by atoms with E-state index in [1.807, 2.05) is 0 Å². The first-order valence-electron chi connectivity index (χ1n) is 6.33. The number of carbonyl (C=O) groups is 1. The van der Waals surface area contributed by atoms with Crippen molar-refractivity contribution in [3.63, 3.8) is 0 Å². The molecule has 0 aliphatic rings. The van der Waals surface area contributed by atoms with Crippen molar-refractivity contribution >= 4 is 18.6 Å². The molecule has 7 heteroatoms. The molecule has 0 radical (unpaired) electrons. The van der Waals surface area contributed by atoms with Crippen LogP contribution < -0.4 is 10.7 Å². The third-order valence-electron chi connectivity index (χ3n) is 3.08. The maximum atomic E-state index is 11.3. The van der Waals surface area contributed by atoms with Crippen LogP contribution >= 0.6 is 12.6 Å². The molecule has 0 spiro atoms. The normalized spacial score (nSPS) is 13.4. The fraction of sp³-hybridized carbons (Fsp3) is 0.429. The van der Waals surface area contributed by atoms with Crippen molar-refractivity contribution in [2.75, 3.05) is 6.54 Å². The Balaban J connectivity index is 2.75. The summed E-state index contributed by atoms with van der Waals surface area (Å²) in [5, 5.41) is 21.1. The van der Waals surface area contributed by atoms with Crippen LogP contribution in [-0.2, 0) is 11.3 Å². The minimum Gasteiger partial charge on any atom is -0.503 e. The van der Waals surface area contributed by atoms with E-state index in [0.29, 0.717) is 12.2 Å². The second kappa shape index (κ2) is 7.76. The first kappa shape index (κ1) is 17.1. The number of aromatic hydroxyl groups is 1. The number of hydrogen-bond acceptors (Lipinski definition) is 5. The Kier molecular flexibility index (Phi) is 6.34. The Bertz CT molecular complexity index is 606. The van der Waals surface area contributed by atoms with Gasteiger partial charge in [0.05, 0.1) is 12.2 Å². The van der Waals surface area contributed by atoms with Crippen LogP contribution in [0.3, 0.4) is 0 Å². The van der Waals surface area contributed by atoms with E-state index in [1.165, 1.54) is 6.07 Å². The van der Waals surface area contributed by atoms with Crippen molar-refractivity contribution in [1.29, 1.82) is 0 Å². The molecule has 1 aromatic rings. The molecule has 0 saturated heterocycles. The third-order valence-corrected chi connectivity index (χ3v) is 3.45. The van der Waals surface area contributed by atoms with Gasteiger partial charge in [0.15, 0.2) is 5.75 Å². The monoisotopic (exact) mass is 310 g/mol. The van der Waals surface area contributed by atoms with Gasteiger partial charge in [-0.2, -0.15) is 12.6 Å². The van der Waals surface area contributed by atoms with Crippen LogP contribution in [0, 0.1) is 19.3 Å². The lowest BCUT2D eigenvalue weighted by Gasteiger charge is -2.20. The number of aromatic nitrogens is 1. The standard InChI is InChI=1S/C14H18N2O4S/c1-3-5-15-11(14(19)20)7-10(21)8-16-6-4-12(17)13(18)9(16)2/h1,4,6,10-11,15,18,21H,5,7-8H2,2H3,(H,19,20)/t10?,11-/m1/s1. The highest BCUT2D eigenvalue weighted by molar-refractivity contribution is 7.80. The van der Waals surface area contributed by atoms with Gasteiger partial charge in [0, 0.05) is 24.1 Å². The van der Waals surface area contributed by atoms with Gasteiger partial charge in [0.2, 0.25) is 5.43 Å². The van der Waals surface area contributed by atoms with E-state index in [4.69, 9.17) is 11.5 Å². The smallest absolute Gasteiger partial charge is 0.320 e. The molecule has 0 fully saturated rings. The van der Waals surface area contributed by atoms with Gasteiger partial charge in [-0.25, -0.2) is 0 Å². The third kappa shape index (κ3) is 4.85. The largest absolute Gasteiger partial charge is 0.503 e. The van der Waals surface area contributed by atoms with Crippen LogP contribution in [0.4, 0.5) is 0 Å². The minimum absolute atomic E-state index is 0.162. The summed E-state index contributed by atoms with van der Waals surface area (Å²) in [4.78, 5) is 22.4. The van der Waals surface area contributed by atoms with E-state index < -0.39 is 17.4 Å². The lowest BCUT2D eigenvalue weighted by molar-refractivity contribution is -0.139. The van der Waals surface area contributed by atoms with Crippen LogP contribution in [0.5, 0.6) is 5.75 Å². The van der Waals surface area contributed by atoms with Crippen molar-refractivity contribution < 1.29 is 15.0 Å². The van der Waals surface area contributed by atoms with E-state index >= 15 is 0 Å². The van der Waals surface area contributed by atoms with E-state index in [9.17, 15) is 14.7 Å². The predicted octanol–water partition coefficient (Wildman–Crippen LogP) is 0.227. The molecule has 2 atom stereocenters. The van der Waals surface area contributed by atoms with Crippen molar-refractivity contribution in [1.82, 2.24) is 9.88 Å². The molecule has 1 heterocycles. The zero-order valence-corrected chi connectivity index (χ0v) is 12.5. The highest BCUT2D eigenvalue weighted by Crippen LogP contribution is 2.14. The van der Waals surface area contributed by atoms with Gasteiger partial charge >= 0.3 is 5.97 Å². The van der Waals surface area contributed by atoms with Gasteiger partial charge in [-0.05, 0) is 13.3 Å². The molecule has 114 valence electrons. The van der Waals surface area contributed by atoms with Crippen molar-refractivity contribution in [2.45, 2.75) is 31.2 Å². The summed E-state index contributed by atoms with van der Waals surface area (Å²) in [7, 11) is 0. The number of carboxylic acid groups (broad SMARTS) is 1. The Labute approximate surface area is 128 Å². The van der Waals surface area contributed by atoms with E-state index in [-0.39, 0.29) is 24.0 Å². The summed E-state index contributed by atoms with van der Waals surface area (Å²) in [5.74, 6) is 1.02. The lowest BCUT2D eigenvalue weighted by atomic mass is 10.1. The SMILES string of the molecule is C#CCN[C@H](CC(S)Cn1ccc(=O)c(O)c1C)C(=O)O. The average molecular weight is 310 g/mol. The quantitative estimate of drug-likeness (QED) is 0.427. The summed E-state index contributed by atoms with van der Waals surface area (Å²) in [6, 6.07) is 0.463. The molecule has 3 N–H and O–H groups in total. The number of terminal acetylenes is 1. The Morgan fingerprint density at radius 1 is 1.62 bits per heavy atom. The topological polar surface area (TPSA) is 91.6 Å². The van der Waals surface area contributed by atoms with Gasteiger partial charge in [-0.15, -0.1) is 6.42 Å². The molecule has 0 aliphatic heterocycles. The highest BCUT2D eigenvalue weighted by Gasteiger charge is 2.20. The van der Waals surface area contributed by atoms with Crippen molar-refractivity contribution in [3.8, 4) is 18.1 Å². The number of rotatable bonds is 7. The molecule has 6 nitrogen and oxygen atoms in total. The number of nitrogens with one attached hydrogen (secondary N) is 1. The summed E-state index contributed by atoms with van der Waals surface area (Å²) in [5.41, 5.74) is -0.0245. The molecule has 1 rings (SSSR count). The van der Waals surface area contributed by atoms with Crippen LogP contribution in [-0.4, -0.2) is 38.6 Å². The van der Waals surface area contributed by atoms with E-state index in [2.05, 4.69) is 23.9 Å². The molecular weight excluding hydrogens is 292 g/mol. The number of carboxylic acids is 1. The zero-order chi connectivity index (χ0) is 16.0. The maximum Gasteiger partial charge on any atom is 0.320 e. The Morgan fingerprint density at radius 2 is 2.29 bits per heavy atom. The summed E-state index contributed by atoms with van der Waals surface area (Å²) < 4.78 is 1.66. The van der Waals surface area contributed by atoms with Gasteiger partial charge in [0.25, 0.3) is 0 Å². The summed E-state index contributed by atoms with van der Waals surface area (Å²) in [6.07, 6.45) is 6.90. The van der Waals surface area contributed by atoms with Crippen LogP contribution in [0.2, 0.25) is 0 Å². The average Bonchev–Trinajstić information content (AvgIpc) is 2.43. The maximum absolute atomic E-state index is 11.3. The number of aliphatic carboxylic acids is 1. The summed E-state index contributed by atoms with van der Waals surface area (Å²) >= 11 is 4.37. The first-order chi connectivity index (χ1) is 9.86. The molecule has 1 aromatic heterocycles. The van der Waals surface area contributed by atoms with Gasteiger partial charge in [-0.1, -0.05) is 5.92 Å². The zero-order valence-electron chi connectivity index (χ0n) is 11.6. The van der Waals surface area contributed by atoms with Crippen LogP contribution in [0.1, 0.15) is 12.1 Å². The Morgan fingerprint density at radius 3 is 2.86 bits per heavy atom. The number of thiol groups is 1. The second-order valence-corrected chi connectivity index (χ2v) is 5.36.